The van der Waals surface area contributed by atoms with Gasteiger partial charge >= 0.3 is 6.61 Å². The molecule has 0 atom stereocenters. The molecule has 0 radical (unpaired) electrons. The third kappa shape index (κ3) is 3.63. The molecule has 0 saturated heterocycles. The second-order valence-electron chi connectivity index (χ2n) is 4.79. The van der Waals surface area contributed by atoms with E-state index in [4.69, 9.17) is 0 Å². The zero-order valence-electron chi connectivity index (χ0n) is 11.9. The SMILES string of the molecule is O=C(NCc1nc2ccccc2[nH]1)c1ccc(OC(F)F)cc1. The summed E-state index contributed by atoms with van der Waals surface area (Å²) in [6.45, 7) is -2.65. The lowest BCUT2D eigenvalue weighted by Crippen LogP contribution is -2.23. The van der Waals surface area contributed by atoms with Crippen LogP contribution in [0, 0.1) is 0 Å². The highest BCUT2D eigenvalue weighted by Gasteiger charge is 2.09. The van der Waals surface area contributed by atoms with Crippen molar-refractivity contribution < 1.29 is 18.3 Å². The average molecular weight is 317 g/mol. The maximum atomic E-state index is 12.1. The number of H-pyrrole nitrogens is 1. The normalized spacial score (nSPS) is 10.9. The number of carbonyl (C=O) groups is 1. The summed E-state index contributed by atoms with van der Waals surface area (Å²) >= 11 is 0. The molecule has 0 aliphatic carbocycles. The Morgan fingerprint density at radius 1 is 1.17 bits per heavy atom. The van der Waals surface area contributed by atoms with Gasteiger partial charge in [-0.3, -0.25) is 4.79 Å². The van der Waals surface area contributed by atoms with Gasteiger partial charge in [-0.1, -0.05) is 12.1 Å². The maximum absolute atomic E-state index is 12.1. The van der Waals surface area contributed by atoms with Crippen LogP contribution in [0.5, 0.6) is 5.75 Å². The van der Waals surface area contributed by atoms with E-state index in [0.717, 1.165) is 11.0 Å². The number of aromatic amines is 1. The Morgan fingerprint density at radius 2 is 1.91 bits per heavy atom. The van der Waals surface area contributed by atoms with Gasteiger partial charge in [0.15, 0.2) is 0 Å². The zero-order valence-corrected chi connectivity index (χ0v) is 11.9. The molecular weight excluding hydrogens is 304 g/mol. The molecule has 2 aromatic carbocycles. The Kier molecular flexibility index (Phi) is 4.18. The first kappa shape index (κ1) is 15.0. The van der Waals surface area contributed by atoms with Crippen molar-refractivity contribution in [2.45, 2.75) is 13.2 Å². The van der Waals surface area contributed by atoms with Crippen LogP contribution in [0.2, 0.25) is 0 Å². The van der Waals surface area contributed by atoms with Gasteiger partial charge in [0.05, 0.1) is 17.6 Å². The van der Waals surface area contributed by atoms with Crippen LogP contribution in [0.4, 0.5) is 8.78 Å². The van der Waals surface area contributed by atoms with Gasteiger partial charge in [-0.15, -0.1) is 0 Å². The highest BCUT2D eigenvalue weighted by atomic mass is 19.3. The molecule has 23 heavy (non-hydrogen) atoms. The summed E-state index contributed by atoms with van der Waals surface area (Å²) in [6, 6.07) is 13.0. The number of halogens is 2. The molecule has 0 unspecified atom stereocenters. The molecule has 3 aromatic rings. The van der Waals surface area contributed by atoms with Crippen molar-refractivity contribution >= 4 is 16.9 Å². The molecule has 2 N–H and O–H groups in total. The summed E-state index contributed by atoms with van der Waals surface area (Å²) in [4.78, 5) is 19.5. The second kappa shape index (κ2) is 6.43. The Labute approximate surface area is 130 Å². The number of hydrogen-bond donors (Lipinski definition) is 2. The van der Waals surface area contributed by atoms with Crippen molar-refractivity contribution in [3.05, 3.63) is 59.9 Å². The van der Waals surface area contributed by atoms with Crippen LogP contribution in [0.3, 0.4) is 0 Å². The molecule has 5 nitrogen and oxygen atoms in total. The second-order valence-corrected chi connectivity index (χ2v) is 4.79. The van der Waals surface area contributed by atoms with Gasteiger partial charge < -0.3 is 15.0 Å². The maximum Gasteiger partial charge on any atom is 0.387 e. The number of rotatable bonds is 5. The number of benzene rings is 2. The van der Waals surface area contributed by atoms with Gasteiger partial charge in [0.25, 0.3) is 5.91 Å². The van der Waals surface area contributed by atoms with E-state index >= 15 is 0 Å². The van der Waals surface area contributed by atoms with Crippen molar-refractivity contribution in [2.75, 3.05) is 0 Å². The van der Waals surface area contributed by atoms with Crippen molar-refractivity contribution in [2.24, 2.45) is 0 Å². The third-order valence-electron chi connectivity index (χ3n) is 3.20. The minimum atomic E-state index is -2.89. The van der Waals surface area contributed by atoms with Crippen LogP contribution in [-0.4, -0.2) is 22.5 Å². The number of amides is 1. The molecule has 0 aliphatic rings. The van der Waals surface area contributed by atoms with E-state index in [1.807, 2.05) is 24.3 Å². The number of carbonyl (C=O) groups excluding carboxylic acids is 1. The van der Waals surface area contributed by atoms with E-state index in [9.17, 15) is 13.6 Å². The van der Waals surface area contributed by atoms with E-state index < -0.39 is 6.61 Å². The standard InChI is InChI=1S/C16H13F2N3O2/c17-16(18)23-11-7-5-10(6-8-11)15(22)19-9-14-20-12-3-1-2-4-13(12)21-14/h1-8,16H,9H2,(H,19,22)(H,20,21). The molecule has 1 heterocycles. The number of nitrogens with zero attached hydrogens (tertiary/aromatic N) is 1. The highest BCUT2D eigenvalue weighted by Crippen LogP contribution is 2.15. The number of hydrogen-bond acceptors (Lipinski definition) is 3. The Balaban J connectivity index is 1.62. The van der Waals surface area contributed by atoms with E-state index in [-0.39, 0.29) is 18.2 Å². The number of alkyl halides is 2. The minimum Gasteiger partial charge on any atom is -0.435 e. The highest BCUT2D eigenvalue weighted by molar-refractivity contribution is 5.94. The van der Waals surface area contributed by atoms with Gasteiger partial charge in [-0.2, -0.15) is 8.78 Å². The number of para-hydroxylation sites is 2. The fourth-order valence-corrected chi connectivity index (χ4v) is 2.14. The lowest BCUT2D eigenvalue weighted by Gasteiger charge is -2.06. The fourth-order valence-electron chi connectivity index (χ4n) is 2.14. The lowest BCUT2D eigenvalue weighted by atomic mass is 10.2. The van der Waals surface area contributed by atoms with Gasteiger partial charge in [0.2, 0.25) is 0 Å². The number of ether oxygens (including phenoxy) is 1. The molecule has 3 rings (SSSR count). The molecule has 118 valence electrons. The number of nitrogens with one attached hydrogen (secondary N) is 2. The molecule has 0 aliphatic heterocycles. The van der Waals surface area contributed by atoms with Crippen LogP contribution in [0.1, 0.15) is 16.2 Å². The quantitative estimate of drug-likeness (QED) is 0.760. The number of aromatic nitrogens is 2. The first-order chi connectivity index (χ1) is 11.1. The van der Waals surface area contributed by atoms with E-state index in [0.29, 0.717) is 11.4 Å². The lowest BCUT2D eigenvalue weighted by molar-refractivity contribution is -0.0498. The summed E-state index contributed by atoms with van der Waals surface area (Å²) in [5, 5.41) is 2.71. The molecule has 1 amide bonds. The summed E-state index contributed by atoms with van der Waals surface area (Å²) in [5.74, 6) is 0.320. The Bertz CT molecular complexity index is 783. The van der Waals surface area contributed by atoms with Crippen LogP contribution in [-0.2, 0) is 6.54 Å². The van der Waals surface area contributed by atoms with Gasteiger partial charge in [-0.05, 0) is 36.4 Å². The predicted octanol–water partition coefficient (Wildman–Crippen LogP) is 3.09. The fraction of sp³-hybridized carbons (Fsp3) is 0.125. The topological polar surface area (TPSA) is 67.0 Å². The van der Waals surface area contributed by atoms with Gasteiger partial charge in [-0.25, -0.2) is 4.98 Å². The molecule has 0 saturated carbocycles. The van der Waals surface area contributed by atoms with E-state index in [2.05, 4.69) is 20.0 Å². The van der Waals surface area contributed by atoms with Crippen LogP contribution in [0.25, 0.3) is 11.0 Å². The van der Waals surface area contributed by atoms with E-state index in [1.54, 1.807) is 0 Å². The first-order valence-corrected chi connectivity index (χ1v) is 6.88. The van der Waals surface area contributed by atoms with Gasteiger partial charge in [0.1, 0.15) is 11.6 Å². The summed E-state index contributed by atoms with van der Waals surface area (Å²) < 4.78 is 28.4. The van der Waals surface area contributed by atoms with Crippen molar-refractivity contribution in [3.8, 4) is 5.75 Å². The summed E-state index contributed by atoms with van der Waals surface area (Å²) in [5.41, 5.74) is 2.07. The zero-order chi connectivity index (χ0) is 16.2. The minimum absolute atomic E-state index is 0.00818. The Hall–Kier alpha value is -2.96. The summed E-state index contributed by atoms with van der Waals surface area (Å²) in [7, 11) is 0. The van der Waals surface area contributed by atoms with Crippen LogP contribution < -0.4 is 10.1 Å². The van der Waals surface area contributed by atoms with Crippen LogP contribution >= 0.6 is 0 Å². The molecule has 7 heteroatoms. The Morgan fingerprint density at radius 3 is 2.61 bits per heavy atom. The molecule has 0 spiro atoms. The van der Waals surface area contributed by atoms with Crippen molar-refractivity contribution in [3.63, 3.8) is 0 Å². The molecular formula is C16H13F2N3O2. The summed E-state index contributed by atoms with van der Waals surface area (Å²) in [6.07, 6.45) is 0. The molecule has 0 fully saturated rings. The van der Waals surface area contributed by atoms with Crippen LogP contribution in [0.15, 0.2) is 48.5 Å². The first-order valence-electron chi connectivity index (χ1n) is 6.88. The molecule has 0 bridgehead atoms. The smallest absolute Gasteiger partial charge is 0.387 e. The third-order valence-corrected chi connectivity index (χ3v) is 3.20. The number of fused-ring (bicyclic) bond motifs is 1. The number of imidazole rings is 1. The van der Waals surface area contributed by atoms with Gasteiger partial charge in [0, 0.05) is 5.56 Å². The predicted molar refractivity (Wildman–Crippen MR) is 80.3 cm³/mol. The monoisotopic (exact) mass is 317 g/mol. The van der Waals surface area contributed by atoms with Crippen molar-refractivity contribution in [1.82, 2.24) is 15.3 Å². The van der Waals surface area contributed by atoms with Crippen molar-refractivity contribution in [1.29, 1.82) is 0 Å². The average Bonchev–Trinajstić information content (AvgIpc) is 2.95. The van der Waals surface area contributed by atoms with E-state index in [1.165, 1.54) is 24.3 Å². The largest absolute Gasteiger partial charge is 0.435 e. The molecule has 1 aromatic heterocycles.